The zero-order valence-corrected chi connectivity index (χ0v) is 18.4. The number of carbonyl (C=O) groups is 1. The summed E-state index contributed by atoms with van der Waals surface area (Å²) in [7, 11) is -0.180. The highest BCUT2D eigenvalue weighted by Crippen LogP contribution is 2.36. The second-order valence-electron chi connectivity index (χ2n) is 7.88. The molecule has 1 fully saturated rings. The van der Waals surface area contributed by atoms with Crippen molar-refractivity contribution in [3.05, 3.63) is 53.3 Å². The van der Waals surface area contributed by atoms with Crippen LogP contribution in [0.15, 0.2) is 41.3 Å². The number of sulfone groups is 1. The van der Waals surface area contributed by atoms with Gasteiger partial charge >= 0.3 is 7.69 Å². The van der Waals surface area contributed by atoms with Crippen LogP contribution in [0.1, 0.15) is 30.4 Å². The molecular weight excluding hydrogens is 422 g/mol. The zero-order valence-electron chi connectivity index (χ0n) is 17.6. The normalized spacial score (nSPS) is 13.8. The van der Waals surface area contributed by atoms with Crippen LogP contribution in [0, 0.1) is 5.82 Å². The molecule has 10 heteroatoms. The van der Waals surface area contributed by atoms with E-state index >= 15 is 0 Å². The molecule has 3 rings (SSSR count). The van der Waals surface area contributed by atoms with Gasteiger partial charge in [0.05, 0.1) is 10.1 Å². The lowest BCUT2D eigenvalue weighted by molar-refractivity contribution is -0.116. The molecule has 0 unspecified atom stereocenters. The zero-order chi connectivity index (χ0) is 22.6. The molecule has 0 aromatic heterocycles. The van der Waals surface area contributed by atoms with E-state index < -0.39 is 23.3 Å². The topological polar surface area (TPSA) is 95.9 Å². The van der Waals surface area contributed by atoms with Crippen LogP contribution in [0.2, 0.25) is 0 Å². The Morgan fingerprint density at radius 1 is 1.23 bits per heavy atom. The SMILES string of the molecule is CN(C)Cc1cc(NC(=O)CCc2cc(OBO)ccc2F)ccc1S(=O)(=O)C1CC1. The summed E-state index contributed by atoms with van der Waals surface area (Å²) >= 11 is 0. The molecule has 7 nitrogen and oxygen atoms in total. The van der Waals surface area contributed by atoms with Gasteiger partial charge in [-0.15, -0.1) is 0 Å². The Morgan fingerprint density at radius 2 is 1.97 bits per heavy atom. The highest BCUT2D eigenvalue weighted by Gasteiger charge is 2.38. The summed E-state index contributed by atoms with van der Waals surface area (Å²) in [6, 6.07) is 8.90. The van der Waals surface area contributed by atoms with Crippen LogP contribution < -0.4 is 9.97 Å². The number of benzene rings is 2. The smallest absolute Gasteiger partial charge is 0.504 e. The molecule has 2 aromatic carbocycles. The lowest BCUT2D eigenvalue weighted by Gasteiger charge is -2.16. The molecule has 1 amide bonds. The fourth-order valence-corrected chi connectivity index (χ4v) is 5.20. The Hall–Kier alpha value is -2.43. The Kier molecular flexibility index (Phi) is 7.35. The molecule has 0 atom stereocenters. The number of anilines is 1. The van der Waals surface area contributed by atoms with Crippen molar-refractivity contribution < 1.29 is 27.3 Å². The van der Waals surface area contributed by atoms with Crippen LogP contribution in [0.5, 0.6) is 5.75 Å². The molecule has 31 heavy (non-hydrogen) atoms. The summed E-state index contributed by atoms with van der Waals surface area (Å²) in [5.41, 5.74) is 1.43. The van der Waals surface area contributed by atoms with Crippen molar-refractivity contribution in [2.45, 2.75) is 42.4 Å². The maximum Gasteiger partial charge on any atom is 0.504 e. The number of aryl methyl sites for hydroxylation is 1. The van der Waals surface area contributed by atoms with Crippen molar-refractivity contribution in [1.82, 2.24) is 4.90 Å². The van der Waals surface area contributed by atoms with Gasteiger partial charge in [0.1, 0.15) is 11.6 Å². The number of nitrogens with one attached hydrogen (secondary N) is 1. The number of hydrogen-bond acceptors (Lipinski definition) is 6. The van der Waals surface area contributed by atoms with Crippen molar-refractivity contribution in [2.75, 3.05) is 19.4 Å². The monoisotopic (exact) mass is 448 g/mol. The van der Waals surface area contributed by atoms with Crippen LogP contribution in [0.25, 0.3) is 0 Å². The molecule has 0 saturated heterocycles. The van der Waals surface area contributed by atoms with Crippen LogP contribution in [0.3, 0.4) is 0 Å². The number of nitrogens with zero attached hydrogens (tertiary/aromatic N) is 1. The predicted octanol–water partition coefficient (Wildman–Crippen LogP) is 2.03. The molecule has 0 aliphatic heterocycles. The third-order valence-electron chi connectivity index (χ3n) is 4.97. The van der Waals surface area contributed by atoms with E-state index in [0.29, 0.717) is 46.8 Å². The highest BCUT2D eigenvalue weighted by atomic mass is 32.2. The van der Waals surface area contributed by atoms with Crippen LogP contribution in [0.4, 0.5) is 10.1 Å². The van der Waals surface area contributed by atoms with Crippen molar-refractivity contribution in [2.24, 2.45) is 0 Å². The highest BCUT2D eigenvalue weighted by molar-refractivity contribution is 7.92. The van der Waals surface area contributed by atoms with Crippen molar-refractivity contribution in [3.8, 4) is 5.75 Å². The second kappa shape index (κ2) is 9.80. The molecule has 1 aliphatic carbocycles. The fraction of sp³-hybridized carbons (Fsp3) is 0.381. The first-order valence-electron chi connectivity index (χ1n) is 10.0. The van der Waals surface area contributed by atoms with Crippen LogP contribution in [-0.4, -0.2) is 51.3 Å². The summed E-state index contributed by atoms with van der Waals surface area (Å²) in [4.78, 5) is 14.6. The fourth-order valence-electron chi connectivity index (χ4n) is 3.34. The average Bonchev–Trinajstić information content (AvgIpc) is 3.54. The Bertz CT molecular complexity index is 1060. The summed E-state index contributed by atoms with van der Waals surface area (Å²) in [5.74, 6) is -0.456. The van der Waals surface area contributed by atoms with E-state index in [1.165, 1.54) is 18.2 Å². The first-order chi connectivity index (χ1) is 14.7. The third kappa shape index (κ3) is 6.06. The van der Waals surface area contributed by atoms with Crippen LogP contribution >= 0.6 is 0 Å². The molecule has 2 N–H and O–H groups in total. The number of rotatable bonds is 10. The first kappa shape index (κ1) is 23.2. The van der Waals surface area contributed by atoms with E-state index in [2.05, 4.69) is 5.32 Å². The molecule has 0 spiro atoms. The minimum Gasteiger partial charge on any atom is -0.539 e. The summed E-state index contributed by atoms with van der Waals surface area (Å²) < 4.78 is 44.4. The summed E-state index contributed by atoms with van der Waals surface area (Å²) in [6.45, 7) is 0.424. The van der Waals surface area contributed by atoms with E-state index in [1.54, 1.807) is 18.2 Å². The predicted molar refractivity (Wildman–Crippen MR) is 117 cm³/mol. The lowest BCUT2D eigenvalue weighted by atomic mass is 10.1. The van der Waals surface area contributed by atoms with Gasteiger partial charge in [-0.25, -0.2) is 12.8 Å². The second-order valence-corrected chi connectivity index (χ2v) is 10.1. The summed E-state index contributed by atoms with van der Waals surface area (Å²) in [6.07, 6.45) is 1.55. The van der Waals surface area contributed by atoms with Gasteiger partial charge in [-0.05, 0) is 80.9 Å². The van der Waals surface area contributed by atoms with Gasteiger partial charge in [0.25, 0.3) is 0 Å². The van der Waals surface area contributed by atoms with Crippen LogP contribution in [-0.2, 0) is 27.6 Å². The number of carbonyl (C=O) groups excluding carboxylic acids is 1. The van der Waals surface area contributed by atoms with E-state index in [0.717, 1.165) is 0 Å². The molecule has 0 radical (unpaired) electrons. The minimum absolute atomic E-state index is 0.0324. The van der Waals surface area contributed by atoms with E-state index in [9.17, 15) is 17.6 Å². The van der Waals surface area contributed by atoms with E-state index in [4.69, 9.17) is 9.68 Å². The molecule has 2 aromatic rings. The molecule has 0 heterocycles. The summed E-state index contributed by atoms with van der Waals surface area (Å²) in [5, 5.41) is 11.3. The molecule has 1 aliphatic rings. The largest absolute Gasteiger partial charge is 0.539 e. The molecule has 166 valence electrons. The minimum atomic E-state index is -3.36. The molecule has 0 bridgehead atoms. The number of hydrogen-bond donors (Lipinski definition) is 2. The van der Waals surface area contributed by atoms with Gasteiger partial charge in [0.15, 0.2) is 9.84 Å². The third-order valence-corrected chi connectivity index (χ3v) is 7.33. The van der Waals surface area contributed by atoms with Gasteiger partial charge in [0, 0.05) is 18.7 Å². The van der Waals surface area contributed by atoms with Gasteiger partial charge in [-0.2, -0.15) is 0 Å². The van der Waals surface area contributed by atoms with Gasteiger partial charge in [-0.1, -0.05) is 0 Å². The van der Waals surface area contributed by atoms with E-state index in [-0.39, 0.29) is 24.0 Å². The first-order valence-corrected chi connectivity index (χ1v) is 11.6. The Balaban J connectivity index is 1.70. The lowest BCUT2D eigenvalue weighted by Crippen LogP contribution is -2.18. The maximum absolute atomic E-state index is 14.0. The van der Waals surface area contributed by atoms with E-state index in [1.807, 2.05) is 19.0 Å². The molecular formula is C21H26BFN2O5S. The van der Waals surface area contributed by atoms with Crippen molar-refractivity contribution in [1.29, 1.82) is 0 Å². The quantitative estimate of drug-likeness (QED) is 0.541. The molecule has 1 saturated carbocycles. The van der Waals surface area contributed by atoms with Gasteiger partial charge in [0.2, 0.25) is 5.91 Å². The number of halogens is 1. The van der Waals surface area contributed by atoms with Crippen molar-refractivity contribution >= 4 is 29.1 Å². The Labute approximate surface area is 182 Å². The number of amides is 1. The maximum atomic E-state index is 14.0. The van der Waals surface area contributed by atoms with Gasteiger partial charge in [-0.3, -0.25) is 4.79 Å². The standard InChI is InChI=1S/C21H26BFN2O5S/c1-25(2)13-15-11-16(4-9-20(15)31(28,29)18-6-7-18)24-21(26)10-3-14-12-17(30-22-27)5-8-19(14)23/h4-5,8-9,11-12,18,22,27H,3,6-7,10,13H2,1-2H3,(H,24,26). The average molecular weight is 448 g/mol. The Morgan fingerprint density at radius 3 is 2.61 bits per heavy atom. The van der Waals surface area contributed by atoms with Gasteiger partial charge < -0.3 is 19.9 Å². The van der Waals surface area contributed by atoms with Crippen molar-refractivity contribution in [3.63, 3.8) is 0 Å².